The number of ether oxygens (including phenoxy) is 1. The monoisotopic (exact) mass is 414 g/mol. The second-order valence-corrected chi connectivity index (χ2v) is 8.09. The topological polar surface area (TPSA) is 68.1 Å². The van der Waals surface area contributed by atoms with Crippen LogP contribution in [0, 0.1) is 6.92 Å². The number of aromatic nitrogens is 4. The molecule has 0 amide bonds. The average Bonchev–Trinajstić information content (AvgIpc) is 3.13. The van der Waals surface area contributed by atoms with Crippen molar-refractivity contribution in [2.24, 2.45) is 0 Å². The van der Waals surface area contributed by atoms with E-state index in [1.807, 2.05) is 72.3 Å². The lowest BCUT2D eigenvalue weighted by molar-refractivity contribution is -0.00540. The summed E-state index contributed by atoms with van der Waals surface area (Å²) in [4.78, 5) is 12.2. The van der Waals surface area contributed by atoms with Gasteiger partial charge in [0.2, 0.25) is 0 Å². The number of nitrogens with zero attached hydrogens (tertiary/aromatic N) is 5. The van der Waals surface area contributed by atoms with Gasteiger partial charge in [-0.1, -0.05) is 30.3 Å². The van der Waals surface area contributed by atoms with Crippen LogP contribution in [-0.4, -0.2) is 45.0 Å². The maximum atomic E-state index is 5.94. The quantitative estimate of drug-likeness (QED) is 0.531. The van der Waals surface area contributed by atoms with Gasteiger partial charge in [-0.2, -0.15) is 5.10 Å². The third-order valence-electron chi connectivity index (χ3n) is 5.35. The molecule has 1 fully saturated rings. The molecule has 0 radical (unpaired) electrons. The number of aryl methyl sites for hydroxylation is 1. The summed E-state index contributed by atoms with van der Waals surface area (Å²) in [6.07, 6.45) is 0.254. The van der Waals surface area contributed by atoms with Gasteiger partial charge in [-0.15, -0.1) is 0 Å². The molecule has 2 aromatic heterocycles. The molecule has 1 aliphatic rings. The molecule has 0 bridgehead atoms. The van der Waals surface area contributed by atoms with E-state index < -0.39 is 0 Å². The average molecular weight is 415 g/mol. The van der Waals surface area contributed by atoms with Crippen molar-refractivity contribution < 1.29 is 4.74 Å². The molecule has 0 aliphatic carbocycles. The maximum absolute atomic E-state index is 5.94. The van der Waals surface area contributed by atoms with Crippen molar-refractivity contribution in [2.45, 2.75) is 33.0 Å². The number of anilines is 3. The van der Waals surface area contributed by atoms with E-state index in [2.05, 4.69) is 29.2 Å². The number of rotatable bonds is 4. The van der Waals surface area contributed by atoms with E-state index in [4.69, 9.17) is 14.7 Å². The Bertz CT molecular complexity index is 1200. The Morgan fingerprint density at radius 3 is 2.26 bits per heavy atom. The highest BCUT2D eigenvalue weighted by Crippen LogP contribution is 2.31. The minimum Gasteiger partial charge on any atom is -0.372 e. The number of hydrogen-bond acceptors (Lipinski definition) is 6. The van der Waals surface area contributed by atoms with Crippen LogP contribution < -0.4 is 10.2 Å². The van der Waals surface area contributed by atoms with Gasteiger partial charge < -0.3 is 15.0 Å². The van der Waals surface area contributed by atoms with Crippen molar-refractivity contribution in [2.75, 3.05) is 23.3 Å². The van der Waals surface area contributed by atoms with Crippen molar-refractivity contribution in [1.82, 2.24) is 19.7 Å². The smallest absolute Gasteiger partial charge is 0.175 e. The third-order valence-corrected chi connectivity index (χ3v) is 5.35. The van der Waals surface area contributed by atoms with E-state index in [0.29, 0.717) is 0 Å². The SMILES string of the molecule is Cc1cc(Nc2nc3ccccc3nc2N2C[C@H](C)O[C@@H](C)C2)n(-c2ccccc2)n1. The molecule has 1 N–H and O–H groups in total. The van der Waals surface area contributed by atoms with Crippen LogP contribution >= 0.6 is 0 Å². The summed E-state index contributed by atoms with van der Waals surface area (Å²) in [7, 11) is 0. The summed E-state index contributed by atoms with van der Waals surface area (Å²) in [6, 6.07) is 20.1. The van der Waals surface area contributed by atoms with Crippen molar-refractivity contribution in [3.63, 3.8) is 0 Å². The number of fused-ring (bicyclic) bond motifs is 1. The van der Waals surface area contributed by atoms with Crippen molar-refractivity contribution >= 4 is 28.5 Å². The molecule has 3 heterocycles. The first-order chi connectivity index (χ1) is 15.1. The Hall–Kier alpha value is -3.45. The van der Waals surface area contributed by atoms with Crippen molar-refractivity contribution in [3.8, 4) is 5.69 Å². The molecule has 1 aliphatic heterocycles. The molecule has 0 unspecified atom stereocenters. The summed E-state index contributed by atoms with van der Waals surface area (Å²) < 4.78 is 7.84. The van der Waals surface area contributed by atoms with Gasteiger partial charge in [0.1, 0.15) is 5.82 Å². The number of benzene rings is 2. The zero-order valence-corrected chi connectivity index (χ0v) is 18.0. The molecule has 2 atom stereocenters. The summed E-state index contributed by atoms with van der Waals surface area (Å²) in [5, 5.41) is 8.20. The molecular formula is C24H26N6O. The fourth-order valence-corrected chi connectivity index (χ4v) is 4.12. The first-order valence-corrected chi connectivity index (χ1v) is 10.6. The fourth-order valence-electron chi connectivity index (χ4n) is 4.12. The highest BCUT2D eigenvalue weighted by atomic mass is 16.5. The Kier molecular flexibility index (Phi) is 5.03. The van der Waals surface area contributed by atoms with E-state index in [1.54, 1.807) is 0 Å². The molecule has 0 saturated carbocycles. The van der Waals surface area contributed by atoms with Gasteiger partial charge in [-0.25, -0.2) is 14.6 Å². The lowest BCUT2D eigenvalue weighted by Crippen LogP contribution is -2.46. The summed E-state index contributed by atoms with van der Waals surface area (Å²) >= 11 is 0. The van der Waals surface area contributed by atoms with Crippen LogP contribution in [0.25, 0.3) is 16.7 Å². The van der Waals surface area contributed by atoms with Gasteiger partial charge in [0.05, 0.1) is 34.6 Å². The first-order valence-electron chi connectivity index (χ1n) is 10.6. The molecule has 5 rings (SSSR count). The highest BCUT2D eigenvalue weighted by Gasteiger charge is 2.26. The third kappa shape index (κ3) is 3.96. The molecule has 7 heteroatoms. The van der Waals surface area contributed by atoms with Crippen LogP contribution in [0.5, 0.6) is 0 Å². The van der Waals surface area contributed by atoms with Gasteiger partial charge in [0.25, 0.3) is 0 Å². The Morgan fingerprint density at radius 1 is 0.903 bits per heavy atom. The Morgan fingerprint density at radius 2 is 1.55 bits per heavy atom. The van der Waals surface area contributed by atoms with E-state index in [0.717, 1.165) is 53.0 Å². The zero-order chi connectivity index (χ0) is 21.4. The molecule has 1 saturated heterocycles. The van der Waals surface area contributed by atoms with Crippen LogP contribution in [-0.2, 0) is 4.74 Å². The highest BCUT2D eigenvalue weighted by molar-refractivity contribution is 5.82. The van der Waals surface area contributed by atoms with Gasteiger partial charge in [0.15, 0.2) is 11.6 Å². The predicted molar refractivity (Wildman–Crippen MR) is 123 cm³/mol. The number of morpholine rings is 1. The van der Waals surface area contributed by atoms with Crippen LogP contribution in [0.15, 0.2) is 60.7 Å². The van der Waals surface area contributed by atoms with E-state index in [-0.39, 0.29) is 12.2 Å². The van der Waals surface area contributed by atoms with Gasteiger partial charge >= 0.3 is 0 Å². The molecule has 158 valence electrons. The minimum absolute atomic E-state index is 0.127. The van der Waals surface area contributed by atoms with Crippen molar-refractivity contribution in [3.05, 3.63) is 66.4 Å². The van der Waals surface area contributed by atoms with Crippen LogP contribution in [0.4, 0.5) is 17.5 Å². The molecule has 2 aromatic carbocycles. The number of hydrogen-bond donors (Lipinski definition) is 1. The molecular weight excluding hydrogens is 388 g/mol. The number of para-hydroxylation sites is 3. The summed E-state index contributed by atoms with van der Waals surface area (Å²) in [6.45, 7) is 7.71. The molecule has 31 heavy (non-hydrogen) atoms. The van der Waals surface area contributed by atoms with Gasteiger partial charge in [-0.05, 0) is 45.0 Å². The second-order valence-electron chi connectivity index (χ2n) is 8.09. The largest absolute Gasteiger partial charge is 0.372 e. The predicted octanol–water partition coefficient (Wildman–Crippen LogP) is 4.48. The second kappa shape index (κ2) is 8.00. The molecule has 7 nitrogen and oxygen atoms in total. The molecule has 4 aromatic rings. The standard InChI is InChI=1S/C24H26N6O/c1-16-13-22(30(28-16)19-9-5-4-6-10-19)27-23-24(29-14-17(2)31-18(3)15-29)26-21-12-8-7-11-20(21)25-23/h4-13,17-18H,14-15H2,1-3H3,(H,25,27)/t17-,18-/m0/s1. The zero-order valence-electron chi connectivity index (χ0n) is 18.0. The normalized spacial score (nSPS) is 19.0. The number of nitrogens with one attached hydrogen (secondary N) is 1. The minimum atomic E-state index is 0.127. The van der Waals surface area contributed by atoms with E-state index in [9.17, 15) is 0 Å². The fraction of sp³-hybridized carbons (Fsp3) is 0.292. The lowest BCUT2D eigenvalue weighted by Gasteiger charge is -2.36. The first kappa shape index (κ1) is 19.5. The van der Waals surface area contributed by atoms with Gasteiger partial charge in [-0.3, -0.25) is 0 Å². The lowest BCUT2D eigenvalue weighted by atomic mass is 10.2. The van der Waals surface area contributed by atoms with Crippen LogP contribution in [0.3, 0.4) is 0 Å². The molecule has 0 spiro atoms. The Balaban J connectivity index is 1.60. The Labute approximate surface area is 181 Å². The van der Waals surface area contributed by atoms with Crippen LogP contribution in [0.1, 0.15) is 19.5 Å². The van der Waals surface area contributed by atoms with Crippen LogP contribution in [0.2, 0.25) is 0 Å². The van der Waals surface area contributed by atoms with Crippen molar-refractivity contribution in [1.29, 1.82) is 0 Å². The van der Waals surface area contributed by atoms with Gasteiger partial charge in [0, 0.05) is 19.2 Å². The maximum Gasteiger partial charge on any atom is 0.175 e. The summed E-state index contributed by atoms with van der Waals surface area (Å²) in [5.41, 5.74) is 3.64. The van der Waals surface area contributed by atoms with E-state index >= 15 is 0 Å². The summed E-state index contributed by atoms with van der Waals surface area (Å²) in [5.74, 6) is 2.40. The van der Waals surface area contributed by atoms with E-state index in [1.165, 1.54) is 0 Å².